The van der Waals surface area contributed by atoms with E-state index in [0.29, 0.717) is 29.7 Å². The Morgan fingerprint density at radius 3 is 3.09 bits per heavy atom. The molecule has 8 heteroatoms. The summed E-state index contributed by atoms with van der Waals surface area (Å²) in [7, 11) is 0. The molecule has 2 N–H and O–H groups in total. The molecule has 1 aromatic heterocycles. The van der Waals surface area contributed by atoms with Gasteiger partial charge in [-0.15, -0.1) is 0 Å². The van der Waals surface area contributed by atoms with Gasteiger partial charge < -0.3 is 19.5 Å². The average Bonchev–Trinajstić information content (AvgIpc) is 3.20. The van der Waals surface area contributed by atoms with Gasteiger partial charge in [0.2, 0.25) is 0 Å². The molecule has 1 aromatic carbocycles. The smallest absolute Gasteiger partial charge is 0.258 e. The van der Waals surface area contributed by atoms with Crippen molar-refractivity contribution in [3.8, 4) is 11.5 Å². The Labute approximate surface area is 137 Å². The van der Waals surface area contributed by atoms with E-state index in [4.69, 9.17) is 25.8 Å². The number of ether oxygens (including phenoxy) is 3. The Morgan fingerprint density at radius 2 is 2.30 bits per heavy atom. The molecule has 122 valence electrons. The molecule has 1 aliphatic heterocycles. The van der Waals surface area contributed by atoms with E-state index >= 15 is 0 Å². The molecule has 2 heterocycles. The number of H-pyrrole nitrogens is 1. The zero-order chi connectivity index (χ0) is 16.1. The Bertz CT molecular complexity index is 650. The fourth-order valence-corrected chi connectivity index (χ4v) is 2.41. The Kier molecular flexibility index (Phi) is 4.99. The normalized spacial score (nSPS) is 20.2. The molecule has 1 fully saturated rings. The van der Waals surface area contributed by atoms with Gasteiger partial charge in [0.1, 0.15) is 11.9 Å². The van der Waals surface area contributed by atoms with Crippen LogP contribution in [0.3, 0.4) is 0 Å². The SMILES string of the molecule is O=C(COc1ccccc1Cl)N[C@H]1COC[C@H]1Oc1cn[nH]c1. The summed E-state index contributed by atoms with van der Waals surface area (Å²) in [5, 5.41) is 9.79. The van der Waals surface area contributed by atoms with Gasteiger partial charge in [-0.3, -0.25) is 9.89 Å². The van der Waals surface area contributed by atoms with Crippen molar-refractivity contribution < 1.29 is 19.0 Å². The van der Waals surface area contributed by atoms with E-state index in [2.05, 4.69) is 15.5 Å². The second kappa shape index (κ2) is 7.34. The van der Waals surface area contributed by atoms with Crippen molar-refractivity contribution in [1.29, 1.82) is 0 Å². The molecule has 0 unspecified atom stereocenters. The van der Waals surface area contributed by atoms with E-state index in [1.165, 1.54) is 0 Å². The van der Waals surface area contributed by atoms with Gasteiger partial charge in [-0.25, -0.2) is 0 Å². The summed E-state index contributed by atoms with van der Waals surface area (Å²) in [6, 6.07) is 6.75. The first-order valence-electron chi connectivity index (χ1n) is 7.12. The number of halogens is 1. The van der Waals surface area contributed by atoms with Crippen molar-refractivity contribution in [2.75, 3.05) is 19.8 Å². The first-order chi connectivity index (χ1) is 11.2. The van der Waals surface area contributed by atoms with E-state index in [0.717, 1.165) is 0 Å². The molecule has 3 rings (SSSR count). The minimum Gasteiger partial charge on any atom is -0.482 e. The third-order valence-electron chi connectivity index (χ3n) is 3.33. The van der Waals surface area contributed by atoms with Crippen LogP contribution in [0.15, 0.2) is 36.7 Å². The van der Waals surface area contributed by atoms with Gasteiger partial charge in [0.05, 0.1) is 36.7 Å². The first-order valence-corrected chi connectivity index (χ1v) is 7.50. The standard InChI is InChI=1S/C15H16ClN3O4/c16-11-3-1-2-4-13(11)22-9-15(20)19-12-7-21-8-14(12)23-10-5-17-18-6-10/h1-6,12,14H,7-9H2,(H,17,18)(H,19,20)/t12-,14+/m0/s1. The summed E-state index contributed by atoms with van der Waals surface area (Å²) in [4.78, 5) is 12.0. The molecule has 1 aliphatic rings. The molecular formula is C15H16ClN3O4. The van der Waals surface area contributed by atoms with E-state index in [1.54, 1.807) is 36.7 Å². The van der Waals surface area contributed by atoms with Crippen molar-refractivity contribution in [1.82, 2.24) is 15.5 Å². The third kappa shape index (κ3) is 4.14. The van der Waals surface area contributed by atoms with Crippen LogP contribution < -0.4 is 14.8 Å². The van der Waals surface area contributed by atoms with Gasteiger partial charge in [-0.1, -0.05) is 23.7 Å². The summed E-state index contributed by atoms with van der Waals surface area (Å²) in [5.41, 5.74) is 0. The molecule has 2 atom stereocenters. The van der Waals surface area contributed by atoms with Gasteiger partial charge in [0, 0.05) is 0 Å². The summed E-state index contributed by atoms with van der Waals surface area (Å²) in [5.74, 6) is 0.812. The van der Waals surface area contributed by atoms with Gasteiger partial charge in [-0.2, -0.15) is 5.10 Å². The highest BCUT2D eigenvalue weighted by molar-refractivity contribution is 6.32. The predicted octanol–water partition coefficient (Wildman–Crippen LogP) is 1.40. The summed E-state index contributed by atoms with van der Waals surface area (Å²) in [6.07, 6.45) is 2.94. The van der Waals surface area contributed by atoms with Crippen molar-refractivity contribution in [3.05, 3.63) is 41.7 Å². The van der Waals surface area contributed by atoms with Crippen LogP contribution in [0, 0.1) is 0 Å². The lowest BCUT2D eigenvalue weighted by Crippen LogP contribution is -2.46. The third-order valence-corrected chi connectivity index (χ3v) is 3.64. The highest BCUT2D eigenvalue weighted by atomic mass is 35.5. The molecule has 0 aliphatic carbocycles. The van der Waals surface area contributed by atoms with Crippen LogP contribution in [-0.2, 0) is 9.53 Å². The Hall–Kier alpha value is -2.25. The van der Waals surface area contributed by atoms with Crippen LogP contribution in [-0.4, -0.2) is 48.1 Å². The number of aromatic nitrogens is 2. The van der Waals surface area contributed by atoms with Crippen LogP contribution in [0.1, 0.15) is 0 Å². The van der Waals surface area contributed by atoms with Crippen LogP contribution in [0.4, 0.5) is 0 Å². The largest absolute Gasteiger partial charge is 0.482 e. The maximum Gasteiger partial charge on any atom is 0.258 e. The molecule has 0 saturated carbocycles. The molecular weight excluding hydrogens is 322 g/mol. The number of aromatic amines is 1. The maximum absolute atomic E-state index is 12.0. The number of benzene rings is 1. The number of hydrogen-bond donors (Lipinski definition) is 2. The Balaban J connectivity index is 1.49. The second-order valence-electron chi connectivity index (χ2n) is 5.02. The zero-order valence-electron chi connectivity index (χ0n) is 12.2. The number of carbonyl (C=O) groups is 1. The number of carbonyl (C=O) groups excluding carboxylic acids is 1. The highest BCUT2D eigenvalue weighted by Crippen LogP contribution is 2.23. The van der Waals surface area contributed by atoms with E-state index in [1.807, 2.05) is 0 Å². The van der Waals surface area contributed by atoms with Crippen LogP contribution in [0.2, 0.25) is 5.02 Å². The van der Waals surface area contributed by atoms with Crippen LogP contribution in [0.25, 0.3) is 0 Å². The lowest BCUT2D eigenvalue weighted by Gasteiger charge is -2.19. The molecule has 0 spiro atoms. The molecule has 2 aromatic rings. The lowest BCUT2D eigenvalue weighted by atomic mass is 10.2. The molecule has 0 bridgehead atoms. The van der Waals surface area contributed by atoms with Gasteiger partial charge >= 0.3 is 0 Å². The van der Waals surface area contributed by atoms with E-state index in [9.17, 15) is 4.79 Å². The molecule has 1 saturated heterocycles. The molecule has 0 radical (unpaired) electrons. The summed E-state index contributed by atoms with van der Waals surface area (Å²) < 4.78 is 16.5. The van der Waals surface area contributed by atoms with Crippen molar-refractivity contribution in [3.63, 3.8) is 0 Å². The van der Waals surface area contributed by atoms with E-state index < -0.39 is 0 Å². The predicted molar refractivity (Wildman–Crippen MR) is 82.7 cm³/mol. The highest BCUT2D eigenvalue weighted by Gasteiger charge is 2.31. The number of nitrogens with zero attached hydrogens (tertiary/aromatic N) is 1. The number of nitrogens with one attached hydrogen (secondary N) is 2. The van der Waals surface area contributed by atoms with Gasteiger partial charge in [0.15, 0.2) is 12.4 Å². The second-order valence-corrected chi connectivity index (χ2v) is 5.43. The first kappa shape index (κ1) is 15.6. The molecule has 1 amide bonds. The fourth-order valence-electron chi connectivity index (χ4n) is 2.22. The minimum atomic E-state index is -0.267. The van der Waals surface area contributed by atoms with Crippen LogP contribution >= 0.6 is 11.6 Å². The number of hydrogen-bond acceptors (Lipinski definition) is 5. The lowest BCUT2D eigenvalue weighted by molar-refractivity contribution is -0.124. The van der Waals surface area contributed by atoms with Crippen molar-refractivity contribution in [2.24, 2.45) is 0 Å². The number of amides is 1. The average molecular weight is 338 g/mol. The summed E-state index contributed by atoms with van der Waals surface area (Å²) >= 11 is 5.98. The van der Waals surface area contributed by atoms with Gasteiger partial charge in [-0.05, 0) is 12.1 Å². The fraction of sp³-hybridized carbons (Fsp3) is 0.333. The van der Waals surface area contributed by atoms with Crippen LogP contribution in [0.5, 0.6) is 11.5 Å². The molecule has 7 nitrogen and oxygen atoms in total. The topological polar surface area (TPSA) is 85.5 Å². The number of rotatable bonds is 6. The number of para-hydroxylation sites is 1. The van der Waals surface area contributed by atoms with E-state index in [-0.39, 0.29) is 24.7 Å². The van der Waals surface area contributed by atoms with Crippen molar-refractivity contribution >= 4 is 17.5 Å². The molecule has 23 heavy (non-hydrogen) atoms. The zero-order valence-corrected chi connectivity index (χ0v) is 13.0. The van der Waals surface area contributed by atoms with Crippen molar-refractivity contribution in [2.45, 2.75) is 12.1 Å². The maximum atomic E-state index is 12.0. The quantitative estimate of drug-likeness (QED) is 0.832. The Morgan fingerprint density at radius 1 is 1.43 bits per heavy atom. The van der Waals surface area contributed by atoms with Gasteiger partial charge in [0.25, 0.3) is 5.91 Å². The monoisotopic (exact) mass is 337 g/mol. The summed E-state index contributed by atoms with van der Waals surface area (Å²) in [6.45, 7) is 0.667. The minimum absolute atomic E-state index is 0.126.